The molecule has 2 N–H and O–H groups in total. The average molecular weight is 1090 g/mol. The Hall–Kier alpha value is -2.82. The van der Waals surface area contributed by atoms with Gasteiger partial charge in [0.2, 0.25) is 0 Å². The van der Waals surface area contributed by atoms with Gasteiger partial charge in [0.15, 0.2) is 6.10 Å². The number of esters is 3. The van der Waals surface area contributed by atoms with Crippen molar-refractivity contribution < 1.29 is 52.2 Å². The summed E-state index contributed by atoms with van der Waals surface area (Å²) in [4.78, 5) is 48.7. The highest BCUT2D eigenvalue weighted by atomic mass is 31.2. The third-order valence-electron chi connectivity index (χ3n) is 13.4. The Morgan fingerprint density at radius 1 is 0.368 bits per heavy atom. The van der Waals surface area contributed by atoms with E-state index >= 15 is 0 Å². The Kier molecular flexibility index (Phi) is 56.2. The minimum absolute atomic E-state index is 0.161. The number of phosphoric acid groups is 1. The van der Waals surface area contributed by atoms with Gasteiger partial charge in [0.25, 0.3) is 0 Å². The zero-order chi connectivity index (χ0) is 55.5. The second-order valence-corrected chi connectivity index (χ2v) is 22.3. The fraction of sp³-hybridized carbons (Fsp3) is 0.797. The highest BCUT2D eigenvalue weighted by Crippen LogP contribution is 2.43. The number of hydrogen-bond donors (Lipinski definition) is 2. The van der Waals surface area contributed by atoms with Crippen LogP contribution in [-0.2, 0) is 42.2 Å². The van der Waals surface area contributed by atoms with Crippen molar-refractivity contribution in [3.63, 3.8) is 0 Å². The number of ether oxygens (including phenoxy) is 3. The van der Waals surface area contributed by atoms with Gasteiger partial charge in [-0.1, -0.05) is 223 Å². The molecule has 0 aliphatic carbocycles. The fourth-order valence-corrected chi connectivity index (χ4v) is 9.37. The van der Waals surface area contributed by atoms with Crippen LogP contribution in [0.15, 0.2) is 60.8 Å². The predicted molar refractivity (Wildman–Crippen MR) is 316 cm³/mol. The van der Waals surface area contributed by atoms with E-state index in [4.69, 9.17) is 23.3 Å². The number of rotatable bonds is 58. The third kappa shape index (κ3) is 55.9. The summed E-state index contributed by atoms with van der Waals surface area (Å²) in [5, 5.41) is 9.82. The van der Waals surface area contributed by atoms with Gasteiger partial charge >= 0.3 is 25.7 Å². The van der Waals surface area contributed by atoms with Crippen molar-refractivity contribution in [3.8, 4) is 0 Å². The van der Waals surface area contributed by atoms with E-state index in [1.807, 2.05) is 0 Å². The molecule has 12 heteroatoms. The molecule has 11 nitrogen and oxygen atoms in total. The van der Waals surface area contributed by atoms with Gasteiger partial charge in [-0.3, -0.25) is 23.4 Å². The molecular weight excluding hydrogens is 976 g/mol. The maximum absolute atomic E-state index is 12.9. The summed E-state index contributed by atoms with van der Waals surface area (Å²) in [6.45, 7) is 4.59. The number of allylic oxidation sites excluding steroid dienone is 10. The Labute approximate surface area is 465 Å². The van der Waals surface area contributed by atoms with Crippen LogP contribution in [0.2, 0.25) is 0 Å². The molecule has 0 rings (SSSR count). The number of phosphoric ester groups is 1. The number of carbonyl (C=O) groups is 3. The normalized spacial score (nSPS) is 13.7. The van der Waals surface area contributed by atoms with Gasteiger partial charge in [0.05, 0.1) is 19.8 Å². The van der Waals surface area contributed by atoms with E-state index in [0.717, 1.165) is 103 Å². The Balaban J connectivity index is 4.72. The Bertz CT molecular complexity index is 1510. The van der Waals surface area contributed by atoms with Crippen LogP contribution < -0.4 is 0 Å². The predicted octanol–water partition coefficient (Wildman–Crippen LogP) is 18.7. The van der Waals surface area contributed by atoms with Crippen LogP contribution in [0, 0.1) is 0 Å². The molecule has 3 unspecified atom stereocenters. The van der Waals surface area contributed by atoms with Crippen molar-refractivity contribution in [1.29, 1.82) is 0 Å². The standard InChI is InChI=1S/C64H115O11P/c1-4-7-10-13-16-19-22-25-27-29-30-32-34-37-40-43-46-49-52-55-64(68)75-61(57-71-62(66)53-50-47-44-41-38-36-33-31-28-26-23-20-17-14-11-8-5-2)59-73-76(69,70)72-58-60(56-65)74-63(67)54-51-48-45-42-39-35-24-21-18-15-12-9-6-3/h16-17,19-21,24-28,60-61,65H,4-15,18,22-23,29-59H2,1-3H3,(H,69,70)/b19-16-,20-17-,24-21-,27-25-,28-26-. The summed E-state index contributed by atoms with van der Waals surface area (Å²) < 4.78 is 39.6. The first kappa shape index (κ1) is 73.2. The largest absolute Gasteiger partial charge is 0.472 e. The lowest BCUT2D eigenvalue weighted by Crippen LogP contribution is -2.30. The second-order valence-electron chi connectivity index (χ2n) is 20.9. The summed E-state index contributed by atoms with van der Waals surface area (Å²) in [6, 6.07) is 0. The van der Waals surface area contributed by atoms with Crippen molar-refractivity contribution in [3.05, 3.63) is 60.8 Å². The number of carbonyl (C=O) groups excluding carboxylic acids is 3. The lowest BCUT2D eigenvalue weighted by atomic mass is 10.1. The molecule has 0 aliphatic heterocycles. The molecular formula is C64H115O11P. The molecule has 0 amide bonds. The maximum atomic E-state index is 12.9. The number of aliphatic hydroxyl groups excluding tert-OH is 1. The highest BCUT2D eigenvalue weighted by Gasteiger charge is 2.28. The summed E-state index contributed by atoms with van der Waals surface area (Å²) in [5.41, 5.74) is 0. The molecule has 0 heterocycles. The maximum Gasteiger partial charge on any atom is 0.472 e. The van der Waals surface area contributed by atoms with Gasteiger partial charge in [-0.25, -0.2) is 4.57 Å². The molecule has 0 bridgehead atoms. The second kappa shape index (κ2) is 58.3. The molecule has 3 atom stereocenters. The molecule has 0 radical (unpaired) electrons. The van der Waals surface area contributed by atoms with E-state index in [1.165, 1.54) is 128 Å². The van der Waals surface area contributed by atoms with Gasteiger partial charge in [-0.2, -0.15) is 0 Å². The monoisotopic (exact) mass is 1090 g/mol. The summed E-state index contributed by atoms with van der Waals surface area (Å²) in [5.74, 6) is -1.47. The van der Waals surface area contributed by atoms with Crippen LogP contribution in [0.4, 0.5) is 0 Å². The van der Waals surface area contributed by atoms with Crippen LogP contribution in [0.25, 0.3) is 0 Å². The molecule has 0 aliphatic rings. The van der Waals surface area contributed by atoms with Crippen LogP contribution >= 0.6 is 7.82 Å². The van der Waals surface area contributed by atoms with Crippen LogP contribution in [0.3, 0.4) is 0 Å². The molecule has 0 saturated heterocycles. The van der Waals surface area contributed by atoms with Gasteiger partial charge < -0.3 is 24.2 Å². The van der Waals surface area contributed by atoms with Crippen molar-refractivity contribution in [2.24, 2.45) is 0 Å². The lowest BCUT2D eigenvalue weighted by Gasteiger charge is -2.21. The molecule has 0 fully saturated rings. The molecule has 0 saturated carbocycles. The molecule has 0 aromatic rings. The minimum atomic E-state index is -4.75. The zero-order valence-corrected chi connectivity index (χ0v) is 49.9. The first-order chi connectivity index (χ1) is 37.2. The van der Waals surface area contributed by atoms with E-state index < -0.39 is 57.8 Å². The Morgan fingerprint density at radius 3 is 1.01 bits per heavy atom. The van der Waals surface area contributed by atoms with E-state index in [2.05, 4.69) is 81.5 Å². The van der Waals surface area contributed by atoms with E-state index in [-0.39, 0.29) is 25.9 Å². The van der Waals surface area contributed by atoms with Gasteiger partial charge in [0, 0.05) is 19.3 Å². The van der Waals surface area contributed by atoms with Crippen LogP contribution in [-0.4, -0.2) is 66.5 Å². The minimum Gasteiger partial charge on any atom is -0.462 e. The molecule has 442 valence electrons. The number of hydrogen-bond acceptors (Lipinski definition) is 10. The van der Waals surface area contributed by atoms with Crippen molar-refractivity contribution in [1.82, 2.24) is 0 Å². The van der Waals surface area contributed by atoms with Gasteiger partial charge in [0.1, 0.15) is 12.7 Å². The summed E-state index contributed by atoms with van der Waals surface area (Å²) >= 11 is 0. The number of aliphatic hydroxyl groups is 1. The smallest absolute Gasteiger partial charge is 0.462 e. The van der Waals surface area contributed by atoms with Crippen LogP contribution in [0.1, 0.15) is 290 Å². The summed E-state index contributed by atoms with van der Waals surface area (Å²) in [7, 11) is -4.75. The zero-order valence-electron chi connectivity index (χ0n) is 49.0. The number of unbranched alkanes of at least 4 members (excludes halogenated alkanes) is 31. The lowest BCUT2D eigenvalue weighted by molar-refractivity contribution is -0.161. The summed E-state index contributed by atoms with van der Waals surface area (Å²) in [6.07, 6.45) is 64.5. The average Bonchev–Trinajstić information content (AvgIpc) is 3.41. The Morgan fingerprint density at radius 2 is 0.645 bits per heavy atom. The van der Waals surface area contributed by atoms with E-state index in [1.54, 1.807) is 0 Å². The highest BCUT2D eigenvalue weighted by molar-refractivity contribution is 7.47. The molecule has 0 spiro atoms. The van der Waals surface area contributed by atoms with E-state index in [0.29, 0.717) is 19.3 Å². The first-order valence-electron chi connectivity index (χ1n) is 31.2. The van der Waals surface area contributed by atoms with Crippen LogP contribution in [0.5, 0.6) is 0 Å². The fourth-order valence-electron chi connectivity index (χ4n) is 8.59. The van der Waals surface area contributed by atoms with Crippen molar-refractivity contribution in [2.75, 3.05) is 26.4 Å². The molecule has 76 heavy (non-hydrogen) atoms. The molecule has 0 aromatic heterocycles. The first-order valence-corrected chi connectivity index (χ1v) is 32.7. The van der Waals surface area contributed by atoms with E-state index in [9.17, 15) is 28.9 Å². The van der Waals surface area contributed by atoms with Crippen molar-refractivity contribution in [2.45, 2.75) is 303 Å². The quantitative estimate of drug-likeness (QED) is 0.0197. The van der Waals surface area contributed by atoms with Gasteiger partial charge in [-0.05, 0) is 109 Å². The van der Waals surface area contributed by atoms with Gasteiger partial charge in [-0.15, -0.1) is 0 Å². The van der Waals surface area contributed by atoms with Crippen molar-refractivity contribution >= 4 is 25.7 Å². The third-order valence-corrected chi connectivity index (χ3v) is 14.3. The SMILES string of the molecule is CCCCC/C=C\C/C=C\CCCCCCCCCCCC(=O)OC(COC(=O)CCCCCCCCC/C=C\C/C=C\CCCCC)COP(=O)(O)OCC(CO)OC(=O)CCCCCCC/C=C\CCCCCC. The molecule has 0 aromatic carbocycles. The topological polar surface area (TPSA) is 155 Å².